The lowest BCUT2D eigenvalue weighted by atomic mass is 10.1. The van der Waals surface area contributed by atoms with Gasteiger partial charge in [0.15, 0.2) is 0 Å². The number of rotatable bonds is 9. The van der Waals surface area contributed by atoms with Crippen LogP contribution in [-0.2, 0) is 13.2 Å². The quantitative estimate of drug-likeness (QED) is 0.252. The number of nitrogens with zero attached hydrogens (tertiary/aromatic N) is 6. The van der Waals surface area contributed by atoms with E-state index < -0.39 is 11.8 Å². The van der Waals surface area contributed by atoms with E-state index in [2.05, 4.69) is 14.8 Å². The van der Waals surface area contributed by atoms with E-state index in [1.165, 1.54) is 6.07 Å². The number of ether oxygens (including phenoxy) is 2. The van der Waals surface area contributed by atoms with Gasteiger partial charge in [-0.1, -0.05) is 12.1 Å². The van der Waals surface area contributed by atoms with Crippen molar-refractivity contribution in [1.29, 1.82) is 5.26 Å². The summed E-state index contributed by atoms with van der Waals surface area (Å²) >= 11 is 0. The molecule has 1 aliphatic heterocycles. The van der Waals surface area contributed by atoms with Crippen LogP contribution >= 0.6 is 0 Å². The number of aromatic nitrogens is 3. The van der Waals surface area contributed by atoms with Gasteiger partial charge in [0.2, 0.25) is 5.88 Å². The van der Waals surface area contributed by atoms with Gasteiger partial charge in [-0.25, -0.2) is 14.2 Å². The maximum atomic E-state index is 14.3. The number of halogens is 1. The molecule has 0 unspecified atom stereocenters. The van der Waals surface area contributed by atoms with Crippen LogP contribution in [0, 0.1) is 17.1 Å². The standard InChI is InChI=1S/C33H29FN6O4/c1-43-26-10-7-23(8-11-26)32-28(36-30-12-9-24(33(41)42)19-40(30)32)20-38-13-15-39(16-14-38)29-3-2-4-31(37-29)44-21-25-6-5-22(18-35)17-27(25)34/h2-12,17,19H,13-16,20-21H2,1H3,(H,41,42). The van der Waals surface area contributed by atoms with E-state index in [0.29, 0.717) is 23.6 Å². The molecule has 0 atom stereocenters. The lowest BCUT2D eigenvalue weighted by molar-refractivity contribution is 0.0696. The predicted octanol–water partition coefficient (Wildman–Crippen LogP) is 5.02. The largest absolute Gasteiger partial charge is 0.497 e. The van der Waals surface area contributed by atoms with Crippen LogP contribution in [0.15, 0.2) is 79.0 Å². The van der Waals surface area contributed by atoms with Crippen molar-refractivity contribution in [2.45, 2.75) is 13.2 Å². The minimum Gasteiger partial charge on any atom is -0.497 e. The summed E-state index contributed by atoms with van der Waals surface area (Å²) in [6.07, 6.45) is 1.61. The maximum Gasteiger partial charge on any atom is 0.337 e. The van der Waals surface area contributed by atoms with E-state index in [-0.39, 0.29) is 17.7 Å². The molecule has 2 aromatic carbocycles. The molecule has 44 heavy (non-hydrogen) atoms. The molecular formula is C33H29FN6O4. The van der Waals surface area contributed by atoms with Gasteiger partial charge in [-0.15, -0.1) is 0 Å². The van der Waals surface area contributed by atoms with E-state index >= 15 is 0 Å². The van der Waals surface area contributed by atoms with Crippen LogP contribution in [0.2, 0.25) is 0 Å². The fourth-order valence-corrected chi connectivity index (χ4v) is 5.28. The van der Waals surface area contributed by atoms with Gasteiger partial charge in [-0.3, -0.25) is 9.30 Å². The Hall–Kier alpha value is -5.47. The molecule has 0 saturated carbocycles. The topological polar surface area (TPSA) is 116 Å². The number of carbonyl (C=O) groups is 1. The summed E-state index contributed by atoms with van der Waals surface area (Å²) in [4.78, 5) is 25.7. The van der Waals surface area contributed by atoms with Crippen LogP contribution in [0.1, 0.15) is 27.2 Å². The van der Waals surface area contributed by atoms with Crippen molar-refractivity contribution >= 4 is 17.4 Å². The predicted molar refractivity (Wildman–Crippen MR) is 161 cm³/mol. The van der Waals surface area contributed by atoms with Gasteiger partial charge < -0.3 is 19.5 Å². The van der Waals surface area contributed by atoms with Gasteiger partial charge in [0.1, 0.15) is 29.6 Å². The van der Waals surface area contributed by atoms with Crippen LogP contribution in [0.5, 0.6) is 11.6 Å². The normalized spacial score (nSPS) is 13.5. The number of hydrogen-bond donors (Lipinski definition) is 1. The van der Waals surface area contributed by atoms with Gasteiger partial charge in [-0.2, -0.15) is 10.2 Å². The smallest absolute Gasteiger partial charge is 0.337 e. The third-order valence-corrected chi connectivity index (χ3v) is 7.64. The second-order valence-corrected chi connectivity index (χ2v) is 10.4. The zero-order chi connectivity index (χ0) is 30.6. The first kappa shape index (κ1) is 28.6. The molecule has 3 aromatic heterocycles. The van der Waals surface area contributed by atoms with Gasteiger partial charge in [0.05, 0.1) is 35.7 Å². The number of nitriles is 1. The van der Waals surface area contributed by atoms with Gasteiger partial charge in [-0.05, 0) is 54.6 Å². The van der Waals surface area contributed by atoms with E-state index in [9.17, 15) is 14.3 Å². The molecule has 0 spiro atoms. The lowest BCUT2D eigenvalue weighted by Crippen LogP contribution is -2.46. The molecule has 222 valence electrons. The molecule has 0 radical (unpaired) electrons. The highest BCUT2D eigenvalue weighted by Crippen LogP contribution is 2.29. The Bertz CT molecular complexity index is 1860. The number of benzene rings is 2. The number of hydrogen-bond acceptors (Lipinski definition) is 8. The molecular weight excluding hydrogens is 563 g/mol. The molecule has 0 aliphatic carbocycles. The highest BCUT2D eigenvalue weighted by atomic mass is 19.1. The van der Waals surface area contributed by atoms with Crippen molar-refractivity contribution in [2.24, 2.45) is 0 Å². The van der Waals surface area contributed by atoms with E-state index in [1.54, 1.807) is 43.6 Å². The Morgan fingerprint density at radius 1 is 1.02 bits per heavy atom. The minimum atomic E-state index is -0.997. The summed E-state index contributed by atoms with van der Waals surface area (Å²) in [5, 5.41) is 18.5. The van der Waals surface area contributed by atoms with Crippen LogP contribution < -0.4 is 14.4 Å². The second-order valence-electron chi connectivity index (χ2n) is 10.4. The molecule has 11 heteroatoms. The van der Waals surface area contributed by atoms with Crippen molar-refractivity contribution in [3.05, 3.63) is 107 Å². The Balaban J connectivity index is 1.15. The highest BCUT2D eigenvalue weighted by Gasteiger charge is 2.23. The monoisotopic (exact) mass is 592 g/mol. The van der Waals surface area contributed by atoms with E-state index in [1.807, 2.05) is 46.9 Å². The van der Waals surface area contributed by atoms with Crippen molar-refractivity contribution in [3.63, 3.8) is 0 Å². The van der Waals surface area contributed by atoms with Crippen molar-refractivity contribution in [3.8, 4) is 29.0 Å². The van der Waals surface area contributed by atoms with Crippen molar-refractivity contribution in [1.82, 2.24) is 19.3 Å². The second kappa shape index (κ2) is 12.4. The number of imidazole rings is 1. The molecule has 10 nitrogen and oxygen atoms in total. The van der Waals surface area contributed by atoms with Gasteiger partial charge in [0.25, 0.3) is 0 Å². The number of fused-ring (bicyclic) bond motifs is 1. The first-order valence-electron chi connectivity index (χ1n) is 14.1. The number of piperazine rings is 1. The molecule has 1 fully saturated rings. The number of aromatic carboxylic acids is 1. The molecule has 1 N–H and O–H groups in total. The van der Waals surface area contributed by atoms with E-state index in [4.69, 9.17) is 19.7 Å². The molecule has 5 aromatic rings. The number of carboxylic acids is 1. The summed E-state index contributed by atoms with van der Waals surface area (Å²) < 4.78 is 27.2. The average Bonchev–Trinajstić information content (AvgIpc) is 3.41. The highest BCUT2D eigenvalue weighted by molar-refractivity contribution is 5.88. The van der Waals surface area contributed by atoms with Crippen LogP contribution in [0.4, 0.5) is 10.2 Å². The molecule has 0 amide bonds. The summed E-state index contributed by atoms with van der Waals surface area (Å²) in [6, 6.07) is 22.7. The third kappa shape index (κ3) is 6.02. The summed E-state index contributed by atoms with van der Waals surface area (Å²) in [6.45, 7) is 3.58. The maximum absolute atomic E-state index is 14.3. The number of pyridine rings is 2. The fourth-order valence-electron chi connectivity index (χ4n) is 5.28. The van der Waals surface area contributed by atoms with Crippen LogP contribution in [-0.4, -0.2) is 63.6 Å². The molecule has 4 heterocycles. The average molecular weight is 593 g/mol. The Morgan fingerprint density at radius 3 is 2.52 bits per heavy atom. The van der Waals surface area contributed by atoms with Crippen LogP contribution in [0.25, 0.3) is 16.9 Å². The van der Waals surface area contributed by atoms with Crippen molar-refractivity contribution < 1.29 is 23.8 Å². The Labute approximate surface area is 253 Å². The third-order valence-electron chi connectivity index (χ3n) is 7.64. The van der Waals surface area contributed by atoms with Crippen molar-refractivity contribution in [2.75, 3.05) is 38.2 Å². The zero-order valence-electron chi connectivity index (χ0n) is 24.0. The summed E-state index contributed by atoms with van der Waals surface area (Å²) in [7, 11) is 1.62. The molecule has 6 rings (SSSR count). The first-order chi connectivity index (χ1) is 21.4. The first-order valence-corrected chi connectivity index (χ1v) is 14.1. The van der Waals surface area contributed by atoms with E-state index in [0.717, 1.165) is 54.7 Å². The molecule has 1 aliphatic rings. The minimum absolute atomic E-state index is 0.00523. The van der Waals surface area contributed by atoms with Crippen LogP contribution in [0.3, 0.4) is 0 Å². The van der Waals surface area contributed by atoms with Gasteiger partial charge in [0, 0.05) is 56.1 Å². The lowest BCUT2D eigenvalue weighted by Gasteiger charge is -2.35. The summed E-state index contributed by atoms with van der Waals surface area (Å²) in [5.41, 5.74) is 4.09. The SMILES string of the molecule is COc1ccc(-c2c(CN3CCN(c4cccc(OCc5ccc(C#N)cc5F)n4)CC3)nc3ccc(C(=O)O)cn23)cc1. The van der Waals surface area contributed by atoms with Gasteiger partial charge >= 0.3 is 5.97 Å². The zero-order valence-corrected chi connectivity index (χ0v) is 24.0. The Morgan fingerprint density at radius 2 is 1.82 bits per heavy atom. The number of methoxy groups -OCH3 is 1. The molecule has 0 bridgehead atoms. The fraction of sp³-hybridized carbons (Fsp3) is 0.212. The number of carboxylic acid groups (broad SMARTS) is 1. The Kier molecular flexibility index (Phi) is 8.08. The number of anilines is 1. The summed E-state index contributed by atoms with van der Waals surface area (Å²) in [5.74, 6) is 0.414. The molecule has 1 saturated heterocycles.